The average molecular weight is 327 g/mol. The van der Waals surface area contributed by atoms with Gasteiger partial charge in [0.2, 0.25) is 15.9 Å². The van der Waals surface area contributed by atoms with Gasteiger partial charge in [-0.1, -0.05) is 25.1 Å². The summed E-state index contributed by atoms with van der Waals surface area (Å²) in [6, 6.07) is 5.98. The molecule has 0 radical (unpaired) electrons. The number of carbonyl (C=O) groups excluding carboxylic acids is 1. The van der Waals surface area contributed by atoms with Crippen LogP contribution in [-0.4, -0.2) is 52.5 Å². The second-order valence-corrected chi connectivity index (χ2v) is 7.08. The number of amides is 1. The molecule has 0 heterocycles. The van der Waals surface area contributed by atoms with Crippen LogP contribution < -0.4 is 10.0 Å². The van der Waals surface area contributed by atoms with E-state index in [2.05, 4.69) is 10.0 Å². The van der Waals surface area contributed by atoms with Crippen molar-refractivity contribution in [1.29, 1.82) is 0 Å². The molecule has 1 aromatic rings. The Labute approximate surface area is 132 Å². The number of likely N-dealkylation sites (N-methyl/N-ethyl adjacent to an activating group) is 1. The van der Waals surface area contributed by atoms with E-state index in [9.17, 15) is 13.2 Å². The smallest absolute Gasteiger partial charge is 0.241 e. The quantitative estimate of drug-likeness (QED) is 0.733. The van der Waals surface area contributed by atoms with Crippen molar-refractivity contribution in [2.45, 2.75) is 31.2 Å². The van der Waals surface area contributed by atoms with Gasteiger partial charge in [0.05, 0.1) is 10.9 Å². The summed E-state index contributed by atoms with van der Waals surface area (Å²) < 4.78 is 27.3. The van der Waals surface area contributed by atoms with Gasteiger partial charge in [-0.15, -0.1) is 0 Å². The number of rotatable bonds is 8. The fourth-order valence-corrected chi connectivity index (χ4v) is 3.48. The molecular weight excluding hydrogens is 302 g/mol. The Balaban J connectivity index is 2.73. The zero-order valence-corrected chi connectivity index (χ0v) is 14.4. The summed E-state index contributed by atoms with van der Waals surface area (Å²) in [6.45, 7) is 4.61. The molecule has 0 saturated carbocycles. The molecule has 0 aliphatic heterocycles. The lowest BCUT2D eigenvalue weighted by Gasteiger charge is -2.17. The van der Waals surface area contributed by atoms with Gasteiger partial charge in [0.25, 0.3) is 0 Å². The number of carbonyl (C=O) groups is 1. The molecule has 1 atom stereocenters. The maximum absolute atomic E-state index is 12.4. The van der Waals surface area contributed by atoms with E-state index in [0.29, 0.717) is 19.5 Å². The normalized spacial score (nSPS) is 13.1. The molecular formula is C15H25N3O3S. The molecule has 0 bridgehead atoms. The summed E-state index contributed by atoms with van der Waals surface area (Å²) in [4.78, 5) is 14.1. The van der Waals surface area contributed by atoms with Gasteiger partial charge in [-0.3, -0.25) is 4.79 Å². The second-order valence-electron chi connectivity index (χ2n) is 5.40. The lowest BCUT2D eigenvalue weighted by molar-refractivity contribution is -0.122. The largest absolute Gasteiger partial charge is 0.353 e. The third kappa shape index (κ3) is 5.40. The van der Waals surface area contributed by atoms with Gasteiger partial charge in [0.1, 0.15) is 0 Å². The van der Waals surface area contributed by atoms with Crippen LogP contribution in [0.1, 0.15) is 19.4 Å². The fourth-order valence-electron chi connectivity index (χ4n) is 1.96. The molecule has 2 N–H and O–H groups in total. The number of hydrogen-bond acceptors (Lipinski definition) is 4. The van der Waals surface area contributed by atoms with Crippen LogP contribution in [0.2, 0.25) is 0 Å². The number of benzene rings is 1. The molecule has 1 aromatic carbocycles. The summed E-state index contributed by atoms with van der Waals surface area (Å²) >= 11 is 0. The first-order chi connectivity index (χ1) is 10.3. The van der Waals surface area contributed by atoms with Crippen molar-refractivity contribution in [3.05, 3.63) is 29.8 Å². The molecule has 0 aliphatic rings. The van der Waals surface area contributed by atoms with E-state index in [-0.39, 0.29) is 10.8 Å². The fraction of sp³-hybridized carbons (Fsp3) is 0.533. The Morgan fingerprint density at radius 1 is 1.27 bits per heavy atom. The predicted octanol–water partition coefficient (Wildman–Crippen LogP) is 0.594. The molecule has 1 rings (SSSR count). The zero-order chi connectivity index (χ0) is 16.8. The lowest BCUT2D eigenvalue weighted by atomic mass is 10.2. The predicted molar refractivity (Wildman–Crippen MR) is 87.2 cm³/mol. The van der Waals surface area contributed by atoms with Crippen LogP contribution in [0.3, 0.4) is 0 Å². The van der Waals surface area contributed by atoms with Crippen LogP contribution in [0.4, 0.5) is 0 Å². The SMILES string of the molecule is CCc1ccccc1S(=O)(=O)N[C@H](C)C(=O)NCCN(C)C. The standard InChI is InChI=1S/C15H25N3O3S/c1-5-13-8-6-7-9-14(13)22(20,21)17-12(2)15(19)16-10-11-18(3)4/h6-9,12,17H,5,10-11H2,1-4H3,(H,16,19)/t12-/m1/s1. The van der Waals surface area contributed by atoms with Crippen LogP contribution in [0.5, 0.6) is 0 Å². The van der Waals surface area contributed by atoms with Crippen molar-refractivity contribution in [2.75, 3.05) is 27.2 Å². The van der Waals surface area contributed by atoms with E-state index in [1.165, 1.54) is 6.92 Å². The molecule has 0 spiro atoms. The van der Waals surface area contributed by atoms with E-state index < -0.39 is 16.1 Å². The zero-order valence-electron chi connectivity index (χ0n) is 13.6. The average Bonchev–Trinajstić information content (AvgIpc) is 2.46. The third-order valence-electron chi connectivity index (χ3n) is 3.23. The Kier molecular flexibility index (Phi) is 6.99. The number of hydrogen-bond donors (Lipinski definition) is 2. The summed E-state index contributed by atoms with van der Waals surface area (Å²) in [5, 5.41) is 2.71. The minimum absolute atomic E-state index is 0.227. The highest BCUT2D eigenvalue weighted by atomic mass is 32.2. The van der Waals surface area contributed by atoms with Crippen molar-refractivity contribution >= 4 is 15.9 Å². The first-order valence-electron chi connectivity index (χ1n) is 7.30. The maximum Gasteiger partial charge on any atom is 0.241 e. The van der Waals surface area contributed by atoms with Gasteiger partial charge in [-0.05, 0) is 39.1 Å². The van der Waals surface area contributed by atoms with Crippen LogP contribution in [0.15, 0.2) is 29.2 Å². The maximum atomic E-state index is 12.4. The highest BCUT2D eigenvalue weighted by molar-refractivity contribution is 7.89. The molecule has 22 heavy (non-hydrogen) atoms. The molecule has 0 aliphatic carbocycles. The monoisotopic (exact) mass is 327 g/mol. The van der Waals surface area contributed by atoms with E-state index >= 15 is 0 Å². The van der Waals surface area contributed by atoms with E-state index in [0.717, 1.165) is 5.56 Å². The van der Waals surface area contributed by atoms with Gasteiger partial charge < -0.3 is 10.2 Å². The van der Waals surface area contributed by atoms with Crippen molar-refractivity contribution in [3.63, 3.8) is 0 Å². The molecule has 6 nitrogen and oxygen atoms in total. The Morgan fingerprint density at radius 2 is 1.91 bits per heavy atom. The van der Waals surface area contributed by atoms with Crippen LogP contribution >= 0.6 is 0 Å². The number of nitrogens with zero attached hydrogens (tertiary/aromatic N) is 1. The van der Waals surface area contributed by atoms with E-state index in [1.807, 2.05) is 25.9 Å². The minimum Gasteiger partial charge on any atom is -0.353 e. The number of aryl methyl sites for hydroxylation is 1. The van der Waals surface area contributed by atoms with Gasteiger partial charge in [0, 0.05) is 13.1 Å². The van der Waals surface area contributed by atoms with Crippen molar-refractivity contribution < 1.29 is 13.2 Å². The molecule has 1 amide bonds. The Morgan fingerprint density at radius 3 is 2.50 bits per heavy atom. The molecule has 0 fully saturated rings. The van der Waals surface area contributed by atoms with Gasteiger partial charge >= 0.3 is 0 Å². The topological polar surface area (TPSA) is 78.5 Å². The van der Waals surface area contributed by atoms with E-state index in [4.69, 9.17) is 0 Å². The van der Waals surface area contributed by atoms with Crippen LogP contribution in [0, 0.1) is 0 Å². The van der Waals surface area contributed by atoms with Crippen LogP contribution in [-0.2, 0) is 21.2 Å². The lowest BCUT2D eigenvalue weighted by Crippen LogP contribution is -2.46. The second kappa shape index (κ2) is 8.26. The number of nitrogens with one attached hydrogen (secondary N) is 2. The summed E-state index contributed by atoms with van der Waals surface area (Å²) in [5.41, 5.74) is 0.732. The summed E-state index contributed by atoms with van der Waals surface area (Å²) in [5.74, 6) is -0.334. The molecule has 7 heteroatoms. The highest BCUT2D eigenvalue weighted by Gasteiger charge is 2.23. The molecule has 0 saturated heterocycles. The highest BCUT2D eigenvalue weighted by Crippen LogP contribution is 2.16. The van der Waals surface area contributed by atoms with Crippen LogP contribution in [0.25, 0.3) is 0 Å². The van der Waals surface area contributed by atoms with Crippen molar-refractivity contribution in [1.82, 2.24) is 14.9 Å². The first kappa shape index (κ1) is 18.6. The first-order valence-corrected chi connectivity index (χ1v) is 8.79. The van der Waals surface area contributed by atoms with Gasteiger partial charge in [0.15, 0.2) is 0 Å². The van der Waals surface area contributed by atoms with E-state index in [1.54, 1.807) is 24.3 Å². The molecule has 0 unspecified atom stereocenters. The Hall–Kier alpha value is -1.44. The summed E-state index contributed by atoms with van der Waals surface area (Å²) in [6.07, 6.45) is 0.612. The van der Waals surface area contributed by atoms with Gasteiger partial charge in [-0.25, -0.2) is 8.42 Å². The molecule has 0 aromatic heterocycles. The van der Waals surface area contributed by atoms with Crippen molar-refractivity contribution in [3.8, 4) is 0 Å². The third-order valence-corrected chi connectivity index (χ3v) is 4.87. The van der Waals surface area contributed by atoms with Crippen molar-refractivity contribution in [2.24, 2.45) is 0 Å². The molecule has 124 valence electrons. The summed E-state index contributed by atoms with van der Waals surface area (Å²) in [7, 11) is 0.0956. The minimum atomic E-state index is -3.71. The number of sulfonamides is 1. The van der Waals surface area contributed by atoms with Gasteiger partial charge in [-0.2, -0.15) is 4.72 Å². The Bertz CT molecular complexity index is 600.